The zero-order chi connectivity index (χ0) is 11.5. The van der Waals surface area contributed by atoms with Crippen molar-refractivity contribution in [2.75, 3.05) is 5.32 Å². The molecule has 5 heteroatoms. The maximum absolute atomic E-state index is 10.9. The number of amides is 1. The first-order valence-corrected chi connectivity index (χ1v) is 4.49. The Labute approximate surface area is 89.7 Å². The molecule has 1 aromatic heterocycles. The van der Waals surface area contributed by atoms with Gasteiger partial charge in [-0.15, -0.1) is 0 Å². The molecule has 1 heterocycles. The molecule has 1 aromatic carbocycles. The van der Waals surface area contributed by atoms with Gasteiger partial charge in [-0.2, -0.15) is 0 Å². The van der Waals surface area contributed by atoms with Gasteiger partial charge in [-0.1, -0.05) is 0 Å². The van der Waals surface area contributed by atoms with Crippen LogP contribution in [0.25, 0.3) is 11.0 Å². The molecule has 0 aliphatic heterocycles. The van der Waals surface area contributed by atoms with Gasteiger partial charge in [0.1, 0.15) is 5.58 Å². The van der Waals surface area contributed by atoms with Crippen molar-refractivity contribution in [3.05, 3.63) is 40.8 Å². The van der Waals surface area contributed by atoms with Crippen molar-refractivity contribution in [1.82, 2.24) is 0 Å². The van der Waals surface area contributed by atoms with Gasteiger partial charge in [0.05, 0.1) is 0 Å². The van der Waals surface area contributed by atoms with Crippen LogP contribution in [0.3, 0.4) is 0 Å². The standard InChI is InChI=1S/C11H7NO4/c13-6-10(14)12-8-2-3-9-7(5-8)1-4-11(15)16-9/h1-6H,(H,12,14). The summed E-state index contributed by atoms with van der Waals surface area (Å²) in [4.78, 5) is 31.9. The van der Waals surface area contributed by atoms with Crippen molar-refractivity contribution in [3.8, 4) is 0 Å². The van der Waals surface area contributed by atoms with Gasteiger partial charge in [0.25, 0.3) is 5.91 Å². The minimum Gasteiger partial charge on any atom is -0.423 e. The van der Waals surface area contributed by atoms with E-state index in [0.717, 1.165) is 0 Å². The Bertz CT molecular complexity index is 615. The second kappa shape index (κ2) is 3.98. The Balaban J connectivity index is 2.44. The van der Waals surface area contributed by atoms with Gasteiger partial charge in [0, 0.05) is 17.1 Å². The SMILES string of the molecule is O=CC(=O)Nc1ccc2oc(=O)ccc2c1. The zero-order valence-corrected chi connectivity index (χ0v) is 8.10. The van der Waals surface area contributed by atoms with E-state index in [1.807, 2.05) is 0 Å². The maximum Gasteiger partial charge on any atom is 0.336 e. The smallest absolute Gasteiger partial charge is 0.336 e. The second-order valence-electron chi connectivity index (χ2n) is 3.11. The normalized spacial score (nSPS) is 10.0. The lowest BCUT2D eigenvalue weighted by Crippen LogP contribution is -2.11. The van der Waals surface area contributed by atoms with Crippen molar-refractivity contribution in [2.45, 2.75) is 0 Å². The first-order valence-electron chi connectivity index (χ1n) is 4.49. The van der Waals surface area contributed by atoms with Crippen molar-refractivity contribution in [2.24, 2.45) is 0 Å². The maximum atomic E-state index is 10.9. The average molecular weight is 217 g/mol. The molecule has 2 rings (SSSR count). The molecule has 0 spiro atoms. The molecule has 0 saturated heterocycles. The third-order valence-corrected chi connectivity index (χ3v) is 1.99. The topological polar surface area (TPSA) is 76.4 Å². The number of hydrogen-bond acceptors (Lipinski definition) is 4. The average Bonchev–Trinajstić information content (AvgIpc) is 2.29. The molecule has 0 saturated carbocycles. The number of benzene rings is 1. The van der Waals surface area contributed by atoms with E-state index in [-0.39, 0.29) is 6.29 Å². The quantitative estimate of drug-likeness (QED) is 0.461. The number of rotatable bonds is 2. The van der Waals surface area contributed by atoms with E-state index in [1.54, 1.807) is 24.3 Å². The Morgan fingerprint density at radius 2 is 2.06 bits per heavy atom. The second-order valence-corrected chi connectivity index (χ2v) is 3.11. The molecule has 0 bridgehead atoms. The van der Waals surface area contributed by atoms with E-state index in [1.165, 1.54) is 6.07 Å². The highest BCUT2D eigenvalue weighted by Crippen LogP contribution is 2.17. The first kappa shape index (κ1) is 10.1. The Morgan fingerprint density at radius 3 is 2.81 bits per heavy atom. The molecule has 0 aliphatic carbocycles. The number of hydrogen-bond donors (Lipinski definition) is 1. The summed E-state index contributed by atoms with van der Waals surface area (Å²) >= 11 is 0. The molecule has 0 radical (unpaired) electrons. The van der Waals surface area contributed by atoms with Crippen molar-refractivity contribution in [1.29, 1.82) is 0 Å². The third-order valence-electron chi connectivity index (χ3n) is 1.99. The van der Waals surface area contributed by atoms with Crippen molar-refractivity contribution in [3.63, 3.8) is 0 Å². The zero-order valence-electron chi connectivity index (χ0n) is 8.10. The minimum atomic E-state index is -0.725. The summed E-state index contributed by atoms with van der Waals surface area (Å²) in [7, 11) is 0. The summed E-state index contributed by atoms with van der Waals surface area (Å²) in [5, 5.41) is 3.04. The number of carbonyl (C=O) groups excluding carboxylic acids is 2. The van der Waals surface area contributed by atoms with Gasteiger partial charge >= 0.3 is 5.63 Å². The van der Waals surface area contributed by atoms with E-state index < -0.39 is 11.5 Å². The fraction of sp³-hybridized carbons (Fsp3) is 0. The van der Waals surface area contributed by atoms with Crippen LogP contribution in [0.5, 0.6) is 0 Å². The fourth-order valence-electron chi connectivity index (χ4n) is 1.32. The van der Waals surface area contributed by atoms with Gasteiger partial charge in [0.15, 0.2) is 0 Å². The van der Waals surface area contributed by atoms with Gasteiger partial charge in [-0.25, -0.2) is 4.79 Å². The van der Waals surface area contributed by atoms with Crippen LogP contribution in [-0.4, -0.2) is 12.2 Å². The Morgan fingerprint density at radius 1 is 1.25 bits per heavy atom. The molecule has 0 aliphatic rings. The highest BCUT2D eigenvalue weighted by molar-refractivity contribution is 6.29. The van der Waals surface area contributed by atoms with E-state index in [2.05, 4.69) is 5.32 Å². The predicted octanol–water partition coefficient (Wildman–Crippen LogP) is 0.930. The van der Waals surface area contributed by atoms with E-state index in [0.29, 0.717) is 16.7 Å². The lowest BCUT2D eigenvalue weighted by molar-refractivity contribution is -0.127. The number of anilines is 1. The molecule has 0 atom stereocenters. The summed E-state index contributed by atoms with van der Waals surface area (Å²) < 4.78 is 4.91. The number of nitrogens with one attached hydrogen (secondary N) is 1. The van der Waals surface area contributed by atoms with Crippen LogP contribution in [0.2, 0.25) is 0 Å². The lowest BCUT2D eigenvalue weighted by Gasteiger charge is -2.01. The Hall–Kier alpha value is -2.43. The molecule has 80 valence electrons. The van der Waals surface area contributed by atoms with Gasteiger partial charge in [0.2, 0.25) is 6.29 Å². The van der Waals surface area contributed by atoms with Crippen LogP contribution in [0, 0.1) is 0 Å². The summed E-state index contributed by atoms with van der Waals surface area (Å²) in [5.74, 6) is -0.725. The van der Waals surface area contributed by atoms with Gasteiger partial charge < -0.3 is 9.73 Å². The van der Waals surface area contributed by atoms with Gasteiger partial charge in [-0.3, -0.25) is 9.59 Å². The lowest BCUT2D eigenvalue weighted by atomic mass is 10.2. The monoisotopic (exact) mass is 217 g/mol. The van der Waals surface area contributed by atoms with E-state index in [4.69, 9.17) is 4.42 Å². The summed E-state index contributed by atoms with van der Waals surface area (Å²) in [6.45, 7) is 0. The first-order chi connectivity index (χ1) is 7.69. The van der Waals surface area contributed by atoms with Gasteiger partial charge in [-0.05, 0) is 24.3 Å². The van der Waals surface area contributed by atoms with Crippen molar-refractivity contribution >= 4 is 28.8 Å². The summed E-state index contributed by atoms with van der Waals surface area (Å²) in [6.07, 6.45) is 0.190. The molecular weight excluding hydrogens is 210 g/mol. The molecular formula is C11H7NO4. The van der Waals surface area contributed by atoms with E-state index >= 15 is 0 Å². The van der Waals surface area contributed by atoms with E-state index in [9.17, 15) is 14.4 Å². The van der Waals surface area contributed by atoms with Crippen molar-refractivity contribution < 1.29 is 14.0 Å². The predicted molar refractivity (Wildman–Crippen MR) is 57.2 cm³/mol. The molecule has 5 nitrogen and oxygen atoms in total. The molecule has 16 heavy (non-hydrogen) atoms. The molecule has 0 unspecified atom stereocenters. The molecule has 0 fully saturated rings. The van der Waals surface area contributed by atoms with Crippen LogP contribution in [-0.2, 0) is 9.59 Å². The number of fused-ring (bicyclic) bond motifs is 1. The largest absolute Gasteiger partial charge is 0.423 e. The Kier molecular flexibility index (Phi) is 2.51. The van der Waals surface area contributed by atoms with Crippen LogP contribution >= 0.6 is 0 Å². The fourth-order valence-corrected chi connectivity index (χ4v) is 1.32. The third kappa shape index (κ3) is 1.98. The number of carbonyl (C=O) groups is 2. The van der Waals surface area contributed by atoms with Crippen LogP contribution in [0.15, 0.2) is 39.5 Å². The van der Waals surface area contributed by atoms with Crippen LogP contribution in [0.4, 0.5) is 5.69 Å². The van der Waals surface area contributed by atoms with Crippen LogP contribution in [0.1, 0.15) is 0 Å². The molecule has 2 aromatic rings. The van der Waals surface area contributed by atoms with Crippen LogP contribution < -0.4 is 10.9 Å². The summed E-state index contributed by atoms with van der Waals surface area (Å²) in [6, 6.07) is 7.58. The molecule has 1 N–H and O–H groups in total. The highest BCUT2D eigenvalue weighted by atomic mass is 16.4. The summed E-state index contributed by atoms with van der Waals surface area (Å²) in [5.41, 5.74) is 0.465. The molecule has 1 amide bonds. The number of aldehydes is 1. The highest BCUT2D eigenvalue weighted by Gasteiger charge is 2.02. The minimum absolute atomic E-state index is 0.190.